The third-order valence-corrected chi connectivity index (χ3v) is 5.80. The Hall–Kier alpha value is -2.56. The summed E-state index contributed by atoms with van der Waals surface area (Å²) in [4.78, 5) is 23.7. The van der Waals surface area contributed by atoms with Gasteiger partial charge in [0.05, 0.1) is 16.4 Å². The Morgan fingerprint density at radius 1 is 1.26 bits per heavy atom. The highest BCUT2D eigenvalue weighted by Crippen LogP contribution is 2.40. The first-order chi connectivity index (χ1) is 14.6. The Labute approximate surface area is 178 Å². The number of rotatable bonds is 9. The van der Waals surface area contributed by atoms with Gasteiger partial charge in [0.1, 0.15) is 5.69 Å². The van der Waals surface area contributed by atoms with Gasteiger partial charge in [-0.15, -0.1) is 0 Å². The number of aliphatic hydroxyl groups excluding tert-OH is 1. The van der Waals surface area contributed by atoms with E-state index < -0.39 is 22.9 Å². The fourth-order valence-corrected chi connectivity index (χ4v) is 3.92. The van der Waals surface area contributed by atoms with Gasteiger partial charge in [0.25, 0.3) is 11.6 Å². The molecular weight excluding hydrogens is 417 g/mol. The monoisotopic (exact) mass is 446 g/mol. The Kier molecular flexibility index (Phi) is 8.49. The van der Waals surface area contributed by atoms with Gasteiger partial charge >= 0.3 is 6.18 Å². The summed E-state index contributed by atoms with van der Waals surface area (Å²) < 4.78 is 38.7. The molecule has 1 aromatic carbocycles. The highest BCUT2D eigenvalue weighted by Gasteiger charge is 2.42. The SMILES string of the molecule is CNc1cc(NCCCO)c(C(=O)N[C@H](C)C2CCC(C(F)(F)F)CC2)cc1[N+](=O)[O-]. The van der Waals surface area contributed by atoms with Crippen molar-refractivity contribution in [1.29, 1.82) is 0 Å². The minimum atomic E-state index is -4.19. The van der Waals surface area contributed by atoms with E-state index in [-0.39, 0.29) is 48.3 Å². The third-order valence-electron chi connectivity index (χ3n) is 5.80. The molecule has 8 nitrogen and oxygen atoms in total. The minimum Gasteiger partial charge on any atom is -0.396 e. The van der Waals surface area contributed by atoms with Gasteiger partial charge in [-0.05, 0) is 51.0 Å². The van der Waals surface area contributed by atoms with Gasteiger partial charge in [-0.25, -0.2) is 0 Å². The van der Waals surface area contributed by atoms with Crippen LogP contribution in [0.25, 0.3) is 0 Å². The van der Waals surface area contributed by atoms with E-state index in [0.29, 0.717) is 31.5 Å². The number of carbonyl (C=O) groups is 1. The van der Waals surface area contributed by atoms with Crippen molar-refractivity contribution >= 4 is 23.0 Å². The Morgan fingerprint density at radius 2 is 1.90 bits per heavy atom. The predicted molar refractivity (Wildman–Crippen MR) is 111 cm³/mol. The van der Waals surface area contributed by atoms with Crippen LogP contribution in [0.1, 0.15) is 49.4 Å². The van der Waals surface area contributed by atoms with Crippen LogP contribution in [0.4, 0.5) is 30.2 Å². The summed E-state index contributed by atoms with van der Waals surface area (Å²) in [7, 11) is 1.53. The van der Waals surface area contributed by atoms with Crippen LogP contribution in [-0.2, 0) is 0 Å². The molecule has 1 atom stereocenters. The molecule has 0 saturated heterocycles. The average Bonchev–Trinajstić information content (AvgIpc) is 2.72. The Morgan fingerprint density at radius 3 is 2.42 bits per heavy atom. The van der Waals surface area contributed by atoms with Crippen molar-refractivity contribution in [3.05, 3.63) is 27.8 Å². The lowest BCUT2D eigenvalue weighted by atomic mass is 9.78. The van der Waals surface area contributed by atoms with Crippen molar-refractivity contribution in [2.75, 3.05) is 30.8 Å². The Bertz CT molecular complexity index is 780. The highest BCUT2D eigenvalue weighted by atomic mass is 19.4. The summed E-state index contributed by atoms with van der Waals surface area (Å²) in [5.74, 6) is -1.94. The van der Waals surface area contributed by atoms with Crippen LogP contribution in [0, 0.1) is 22.0 Å². The highest BCUT2D eigenvalue weighted by molar-refractivity contribution is 6.01. The van der Waals surface area contributed by atoms with Crippen molar-refractivity contribution in [2.45, 2.75) is 51.2 Å². The second-order valence-corrected chi connectivity index (χ2v) is 7.84. The van der Waals surface area contributed by atoms with E-state index in [0.717, 1.165) is 0 Å². The lowest BCUT2D eigenvalue weighted by Crippen LogP contribution is -2.41. The third kappa shape index (κ3) is 6.46. The number of hydrogen-bond acceptors (Lipinski definition) is 6. The van der Waals surface area contributed by atoms with Gasteiger partial charge in [0.15, 0.2) is 0 Å². The quantitative estimate of drug-likeness (QED) is 0.260. The van der Waals surface area contributed by atoms with Crippen molar-refractivity contribution in [3.63, 3.8) is 0 Å². The maximum absolute atomic E-state index is 12.9. The molecule has 0 spiro atoms. The molecule has 4 N–H and O–H groups in total. The maximum atomic E-state index is 12.9. The summed E-state index contributed by atoms with van der Waals surface area (Å²) in [6, 6.07) is 2.26. The molecule has 1 aromatic rings. The molecule has 1 saturated carbocycles. The van der Waals surface area contributed by atoms with Crippen molar-refractivity contribution in [2.24, 2.45) is 11.8 Å². The molecule has 0 unspecified atom stereocenters. The number of hydrogen-bond donors (Lipinski definition) is 4. The zero-order chi connectivity index (χ0) is 23.2. The molecule has 0 aromatic heterocycles. The number of alkyl halides is 3. The molecular formula is C20H29F3N4O4. The van der Waals surface area contributed by atoms with Gasteiger partial charge in [-0.2, -0.15) is 13.2 Å². The maximum Gasteiger partial charge on any atom is 0.391 e. The first-order valence-corrected chi connectivity index (χ1v) is 10.3. The van der Waals surface area contributed by atoms with Gasteiger partial charge in [-0.3, -0.25) is 14.9 Å². The zero-order valence-corrected chi connectivity index (χ0v) is 17.6. The number of benzene rings is 1. The van der Waals surface area contributed by atoms with E-state index in [1.807, 2.05) is 0 Å². The van der Waals surface area contributed by atoms with E-state index in [1.54, 1.807) is 6.92 Å². The summed E-state index contributed by atoms with van der Waals surface area (Å²) in [5.41, 5.74) is 0.401. The number of carbonyl (C=O) groups excluding carboxylic acids is 1. The topological polar surface area (TPSA) is 117 Å². The fraction of sp³-hybridized carbons (Fsp3) is 0.650. The van der Waals surface area contributed by atoms with Gasteiger partial charge < -0.3 is 21.1 Å². The molecule has 31 heavy (non-hydrogen) atoms. The normalized spacial score (nSPS) is 20.1. The van der Waals surface area contributed by atoms with Crippen LogP contribution < -0.4 is 16.0 Å². The van der Waals surface area contributed by atoms with Gasteiger partial charge in [-0.1, -0.05) is 0 Å². The molecule has 1 amide bonds. The van der Waals surface area contributed by atoms with Crippen LogP contribution in [-0.4, -0.2) is 48.4 Å². The number of amides is 1. The molecule has 2 rings (SSSR count). The molecule has 0 bridgehead atoms. The smallest absolute Gasteiger partial charge is 0.391 e. The summed E-state index contributed by atoms with van der Waals surface area (Å²) in [6.45, 7) is 2.04. The zero-order valence-electron chi connectivity index (χ0n) is 17.6. The van der Waals surface area contributed by atoms with Crippen LogP contribution in [0.2, 0.25) is 0 Å². The second-order valence-electron chi connectivity index (χ2n) is 7.84. The number of aliphatic hydroxyl groups is 1. The minimum absolute atomic E-state index is 0.0324. The van der Waals surface area contributed by atoms with Gasteiger partial charge in [0, 0.05) is 38.0 Å². The number of anilines is 2. The number of nitrogens with one attached hydrogen (secondary N) is 3. The van der Waals surface area contributed by atoms with Crippen LogP contribution in [0.15, 0.2) is 12.1 Å². The second kappa shape index (κ2) is 10.7. The average molecular weight is 446 g/mol. The van der Waals surface area contributed by atoms with Crippen molar-refractivity contribution < 1.29 is 28.0 Å². The summed E-state index contributed by atoms with van der Waals surface area (Å²) in [6.07, 6.45) is -3.00. The van der Waals surface area contributed by atoms with E-state index in [2.05, 4.69) is 16.0 Å². The molecule has 0 radical (unpaired) electrons. The fourth-order valence-electron chi connectivity index (χ4n) is 3.92. The van der Waals surface area contributed by atoms with Crippen LogP contribution in [0.3, 0.4) is 0 Å². The molecule has 0 heterocycles. The lowest BCUT2D eigenvalue weighted by molar-refractivity contribution is -0.383. The summed E-state index contributed by atoms with van der Waals surface area (Å²) >= 11 is 0. The van der Waals surface area contributed by atoms with Crippen molar-refractivity contribution in [3.8, 4) is 0 Å². The van der Waals surface area contributed by atoms with Crippen LogP contribution >= 0.6 is 0 Å². The van der Waals surface area contributed by atoms with Crippen molar-refractivity contribution in [1.82, 2.24) is 5.32 Å². The van der Waals surface area contributed by atoms with E-state index in [1.165, 1.54) is 19.2 Å². The molecule has 11 heteroatoms. The van der Waals surface area contributed by atoms with Gasteiger partial charge in [0.2, 0.25) is 0 Å². The molecule has 1 fully saturated rings. The first kappa shape index (κ1) is 24.7. The molecule has 0 aliphatic heterocycles. The Balaban J connectivity index is 2.16. The van der Waals surface area contributed by atoms with E-state index in [4.69, 9.17) is 5.11 Å². The molecule has 174 valence electrons. The predicted octanol–water partition coefficient (Wildman–Crippen LogP) is 3.92. The lowest BCUT2D eigenvalue weighted by Gasteiger charge is -2.33. The molecule has 1 aliphatic rings. The standard InChI is InChI=1S/C20H29F3N4O4/c1-12(13-4-6-14(7-5-13)20(21,22)23)26-19(29)15-10-18(27(30)31)17(24-2)11-16(15)25-8-3-9-28/h10-14,24-25,28H,3-9H2,1-2H3,(H,26,29)/t12-,13?,14?/m1/s1. The van der Waals surface area contributed by atoms with E-state index in [9.17, 15) is 28.1 Å². The van der Waals surface area contributed by atoms with Crippen LogP contribution in [0.5, 0.6) is 0 Å². The number of nitrogens with zero attached hydrogens (tertiary/aromatic N) is 1. The number of halogens is 3. The first-order valence-electron chi connectivity index (χ1n) is 10.3. The number of nitro groups is 1. The molecule has 1 aliphatic carbocycles. The largest absolute Gasteiger partial charge is 0.396 e. The number of nitro benzene ring substituents is 1. The summed E-state index contributed by atoms with van der Waals surface area (Å²) in [5, 5.41) is 28.9. The van der Waals surface area contributed by atoms with E-state index >= 15 is 0 Å².